The number of nitrogens with two attached hydrogens (primary N) is 1. The third-order valence-corrected chi connectivity index (χ3v) is 5.61. The molecule has 0 heterocycles. The molecule has 1 aromatic rings. The van der Waals surface area contributed by atoms with Gasteiger partial charge in [-0.25, -0.2) is 0 Å². The Morgan fingerprint density at radius 1 is 1.56 bits per heavy atom. The van der Waals surface area contributed by atoms with Gasteiger partial charge in [0.2, 0.25) is 0 Å². The first-order valence-electron chi connectivity index (χ1n) is 5.95. The molecule has 0 spiro atoms. The van der Waals surface area contributed by atoms with Crippen LogP contribution in [0.2, 0.25) is 0 Å². The van der Waals surface area contributed by atoms with E-state index >= 15 is 0 Å². The van der Waals surface area contributed by atoms with Crippen LogP contribution in [0.4, 0.5) is 5.69 Å². The Labute approximate surface area is 120 Å². The topological polar surface area (TPSA) is 55.1 Å². The maximum Gasteiger partial charge on any atom is 0.252 e. The SMILES string of the molecule is CSC1(CNC(=O)c2cc(N)ccc2Br)CCC1. The minimum absolute atomic E-state index is 0.0606. The van der Waals surface area contributed by atoms with E-state index in [9.17, 15) is 4.79 Å². The summed E-state index contributed by atoms with van der Waals surface area (Å²) in [5.74, 6) is -0.0606. The van der Waals surface area contributed by atoms with E-state index in [1.165, 1.54) is 19.3 Å². The summed E-state index contributed by atoms with van der Waals surface area (Å²) in [5, 5.41) is 3.02. The second-order valence-electron chi connectivity index (χ2n) is 4.66. The van der Waals surface area contributed by atoms with Gasteiger partial charge in [-0.2, -0.15) is 11.8 Å². The first kappa shape index (κ1) is 13.7. The number of hydrogen-bond acceptors (Lipinski definition) is 3. The van der Waals surface area contributed by atoms with Gasteiger partial charge in [0, 0.05) is 21.5 Å². The van der Waals surface area contributed by atoms with Crippen molar-refractivity contribution in [3.05, 3.63) is 28.2 Å². The average molecular weight is 329 g/mol. The number of rotatable bonds is 4. The molecule has 0 saturated heterocycles. The van der Waals surface area contributed by atoms with Gasteiger partial charge in [-0.05, 0) is 53.2 Å². The zero-order chi connectivity index (χ0) is 13.2. The molecule has 0 aliphatic heterocycles. The Kier molecular flexibility index (Phi) is 4.22. The van der Waals surface area contributed by atoms with Crippen LogP contribution < -0.4 is 11.1 Å². The molecule has 1 aromatic carbocycles. The van der Waals surface area contributed by atoms with Crippen LogP contribution in [-0.4, -0.2) is 23.5 Å². The predicted octanol–water partition coefficient (Wildman–Crippen LogP) is 3.05. The van der Waals surface area contributed by atoms with Crippen molar-refractivity contribution >= 4 is 39.3 Å². The number of halogens is 1. The van der Waals surface area contributed by atoms with Crippen LogP contribution in [-0.2, 0) is 0 Å². The summed E-state index contributed by atoms with van der Waals surface area (Å²) in [6, 6.07) is 5.28. The molecule has 2 rings (SSSR count). The predicted molar refractivity (Wildman–Crippen MR) is 81.0 cm³/mol. The number of thioether (sulfide) groups is 1. The van der Waals surface area contributed by atoms with Gasteiger partial charge in [0.15, 0.2) is 0 Å². The van der Waals surface area contributed by atoms with Crippen molar-refractivity contribution in [1.82, 2.24) is 5.32 Å². The number of carbonyl (C=O) groups is 1. The zero-order valence-corrected chi connectivity index (χ0v) is 12.7. The van der Waals surface area contributed by atoms with Gasteiger partial charge in [0.1, 0.15) is 0 Å². The lowest BCUT2D eigenvalue weighted by Crippen LogP contribution is -2.45. The highest BCUT2D eigenvalue weighted by Crippen LogP contribution is 2.42. The lowest BCUT2D eigenvalue weighted by molar-refractivity contribution is 0.0943. The monoisotopic (exact) mass is 328 g/mol. The van der Waals surface area contributed by atoms with Gasteiger partial charge < -0.3 is 11.1 Å². The number of carbonyl (C=O) groups excluding carboxylic acids is 1. The highest BCUT2D eigenvalue weighted by molar-refractivity contribution is 9.10. The van der Waals surface area contributed by atoms with Crippen molar-refractivity contribution in [2.24, 2.45) is 0 Å². The standard InChI is InChI=1S/C13H17BrN2OS/c1-18-13(5-2-6-13)8-16-12(17)10-7-9(15)3-4-11(10)14/h3-4,7H,2,5-6,8,15H2,1H3,(H,16,17). The molecule has 0 atom stereocenters. The van der Waals surface area contributed by atoms with Gasteiger partial charge in [-0.15, -0.1) is 0 Å². The Morgan fingerprint density at radius 2 is 2.28 bits per heavy atom. The molecule has 1 amide bonds. The molecule has 3 N–H and O–H groups in total. The minimum Gasteiger partial charge on any atom is -0.399 e. The fourth-order valence-corrected chi connectivity index (χ4v) is 3.42. The van der Waals surface area contributed by atoms with Crippen LogP contribution in [0, 0.1) is 0 Å². The van der Waals surface area contributed by atoms with E-state index in [0.717, 1.165) is 11.0 Å². The van der Waals surface area contributed by atoms with E-state index in [2.05, 4.69) is 27.5 Å². The largest absolute Gasteiger partial charge is 0.399 e. The molecular formula is C13H17BrN2OS. The zero-order valence-electron chi connectivity index (χ0n) is 10.3. The van der Waals surface area contributed by atoms with Crippen LogP contribution in [0.3, 0.4) is 0 Å². The summed E-state index contributed by atoms with van der Waals surface area (Å²) in [4.78, 5) is 12.1. The van der Waals surface area contributed by atoms with Gasteiger partial charge in [0.25, 0.3) is 5.91 Å². The molecule has 0 bridgehead atoms. The van der Waals surface area contributed by atoms with Crippen LogP contribution in [0.25, 0.3) is 0 Å². The normalized spacial score (nSPS) is 17.0. The first-order chi connectivity index (χ1) is 8.56. The van der Waals surface area contributed by atoms with Crippen LogP contribution >= 0.6 is 27.7 Å². The van der Waals surface area contributed by atoms with Gasteiger partial charge >= 0.3 is 0 Å². The third kappa shape index (κ3) is 2.83. The van der Waals surface area contributed by atoms with E-state index in [1.807, 2.05) is 11.8 Å². The molecule has 1 fully saturated rings. The van der Waals surface area contributed by atoms with Gasteiger partial charge in [0.05, 0.1) is 5.56 Å². The van der Waals surface area contributed by atoms with Crippen molar-refractivity contribution in [1.29, 1.82) is 0 Å². The molecule has 18 heavy (non-hydrogen) atoms. The number of nitrogens with one attached hydrogen (secondary N) is 1. The quantitative estimate of drug-likeness (QED) is 0.835. The number of benzene rings is 1. The van der Waals surface area contributed by atoms with Crippen molar-refractivity contribution in [2.45, 2.75) is 24.0 Å². The Balaban J connectivity index is 2.01. The second-order valence-corrected chi connectivity index (χ2v) is 6.79. The lowest BCUT2D eigenvalue weighted by atomic mass is 9.84. The van der Waals surface area contributed by atoms with E-state index in [4.69, 9.17) is 5.73 Å². The summed E-state index contributed by atoms with van der Waals surface area (Å²) < 4.78 is 1.03. The number of nitrogen functional groups attached to an aromatic ring is 1. The summed E-state index contributed by atoms with van der Waals surface area (Å²) >= 11 is 5.23. The molecule has 98 valence electrons. The number of hydrogen-bond donors (Lipinski definition) is 2. The maximum absolute atomic E-state index is 12.1. The van der Waals surface area contributed by atoms with Crippen molar-refractivity contribution in [3.63, 3.8) is 0 Å². The second kappa shape index (κ2) is 5.53. The van der Waals surface area contributed by atoms with Crippen LogP contribution in [0.15, 0.2) is 22.7 Å². The molecule has 0 radical (unpaired) electrons. The van der Waals surface area contributed by atoms with Crippen molar-refractivity contribution < 1.29 is 4.79 Å². The fourth-order valence-electron chi connectivity index (χ4n) is 2.08. The smallest absolute Gasteiger partial charge is 0.252 e. The summed E-state index contributed by atoms with van der Waals surface area (Å²) in [6.07, 6.45) is 5.75. The molecule has 0 aromatic heterocycles. The summed E-state index contributed by atoms with van der Waals surface area (Å²) in [7, 11) is 0. The van der Waals surface area contributed by atoms with E-state index in [1.54, 1.807) is 18.2 Å². The summed E-state index contributed by atoms with van der Waals surface area (Å²) in [6.45, 7) is 0.730. The Morgan fingerprint density at radius 3 is 2.83 bits per heavy atom. The number of amides is 1. The van der Waals surface area contributed by atoms with E-state index in [0.29, 0.717) is 11.3 Å². The summed E-state index contributed by atoms with van der Waals surface area (Å²) in [5.41, 5.74) is 6.91. The molecule has 1 saturated carbocycles. The molecule has 1 aliphatic rings. The highest BCUT2D eigenvalue weighted by atomic mass is 79.9. The van der Waals surface area contributed by atoms with E-state index in [-0.39, 0.29) is 10.7 Å². The molecule has 5 heteroatoms. The Bertz CT molecular complexity index is 455. The Hall–Kier alpha value is -0.680. The maximum atomic E-state index is 12.1. The van der Waals surface area contributed by atoms with Crippen molar-refractivity contribution in [3.8, 4) is 0 Å². The molecular weight excluding hydrogens is 312 g/mol. The third-order valence-electron chi connectivity index (χ3n) is 3.50. The minimum atomic E-state index is -0.0606. The van der Waals surface area contributed by atoms with Gasteiger partial charge in [-0.3, -0.25) is 4.79 Å². The number of anilines is 1. The van der Waals surface area contributed by atoms with Gasteiger partial charge in [-0.1, -0.05) is 6.42 Å². The lowest BCUT2D eigenvalue weighted by Gasteiger charge is -2.40. The fraction of sp³-hybridized carbons (Fsp3) is 0.462. The highest BCUT2D eigenvalue weighted by Gasteiger charge is 2.36. The van der Waals surface area contributed by atoms with Crippen LogP contribution in [0.5, 0.6) is 0 Å². The molecule has 3 nitrogen and oxygen atoms in total. The molecule has 0 unspecified atom stereocenters. The average Bonchev–Trinajstić information content (AvgIpc) is 2.31. The van der Waals surface area contributed by atoms with E-state index < -0.39 is 0 Å². The molecule has 1 aliphatic carbocycles. The first-order valence-corrected chi connectivity index (χ1v) is 7.96. The van der Waals surface area contributed by atoms with Crippen LogP contribution in [0.1, 0.15) is 29.6 Å². The van der Waals surface area contributed by atoms with Crippen molar-refractivity contribution in [2.75, 3.05) is 18.5 Å².